The van der Waals surface area contributed by atoms with Crippen LogP contribution in [0, 0.1) is 0 Å². The molecule has 0 unspecified atom stereocenters. The first kappa shape index (κ1) is 11.7. The Morgan fingerprint density at radius 3 is 2.67 bits per heavy atom. The van der Waals surface area contributed by atoms with E-state index in [0.29, 0.717) is 13.2 Å². The molecule has 4 heteroatoms. The van der Waals surface area contributed by atoms with E-state index in [4.69, 9.17) is 4.74 Å². The molecule has 2 N–H and O–H groups in total. The van der Waals surface area contributed by atoms with Crippen LogP contribution in [0.4, 0.5) is 5.69 Å². The van der Waals surface area contributed by atoms with Gasteiger partial charge in [0.2, 0.25) is 5.91 Å². The normalized spacial score (nSPS) is 23.2. The highest BCUT2D eigenvalue weighted by molar-refractivity contribution is 6.05. The van der Waals surface area contributed by atoms with Crippen molar-refractivity contribution < 1.29 is 14.6 Å². The summed E-state index contributed by atoms with van der Waals surface area (Å²) < 4.78 is 5.23. The van der Waals surface area contributed by atoms with E-state index in [1.54, 1.807) is 0 Å². The summed E-state index contributed by atoms with van der Waals surface area (Å²) in [5.41, 5.74) is 2.15. The molecular weight excluding hydrogens is 230 g/mol. The van der Waals surface area contributed by atoms with Crippen LogP contribution in [0.2, 0.25) is 0 Å². The Balaban J connectivity index is 2.07. The highest BCUT2D eigenvalue weighted by Gasteiger charge is 2.43. The maximum absolute atomic E-state index is 11.9. The molecule has 1 fully saturated rings. The number of aliphatic hydroxyl groups is 1. The highest BCUT2D eigenvalue weighted by atomic mass is 16.5. The van der Waals surface area contributed by atoms with Crippen molar-refractivity contribution in [2.24, 2.45) is 0 Å². The van der Waals surface area contributed by atoms with Crippen LogP contribution in [0.3, 0.4) is 0 Å². The molecule has 0 aromatic heterocycles. The first-order chi connectivity index (χ1) is 8.49. The largest absolute Gasteiger partial charge is 0.395 e. The van der Waals surface area contributed by atoms with Crippen LogP contribution in [-0.4, -0.2) is 30.8 Å². The third-order valence-corrected chi connectivity index (χ3v) is 4.18. The Labute approximate surface area is 106 Å². The lowest BCUT2D eigenvalue weighted by Gasteiger charge is -2.40. The first-order valence-corrected chi connectivity index (χ1v) is 6.15. The van der Waals surface area contributed by atoms with E-state index in [-0.39, 0.29) is 17.9 Å². The Morgan fingerprint density at radius 1 is 1.39 bits per heavy atom. The zero-order chi connectivity index (χ0) is 13.0. The van der Waals surface area contributed by atoms with Crippen LogP contribution in [0.25, 0.3) is 0 Å². The predicted octanol–water partition coefficient (Wildman–Crippen LogP) is 1.18. The number of carbonyl (C=O) groups excluding carboxylic acids is 1. The Bertz CT molecular complexity index is 512. The fraction of sp³-hybridized carbons (Fsp3) is 0.500. The van der Waals surface area contributed by atoms with E-state index in [1.165, 1.54) is 0 Å². The molecular formula is C14H17NO3. The standard InChI is InChI=1S/C14H17NO3/c1-13(2)10-5-9(14(6-16)7-18-8-14)3-4-11(10)15-12(13)17/h3-5,16H,6-8H2,1-2H3,(H,15,17). The van der Waals surface area contributed by atoms with Gasteiger partial charge in [-0.15, -0.1) is 0 Å². The van der Waals surface area contributed by atoms with E-state index in [1.807, 2.05) is 32.0 Å². The maximum atomic E-state index is 11.9. The summed E-state index contributed by atoms with van der Waals surface area (Å²) in [5.74, 6) is 0.0255. The second-order valence-electron chi connectivity index (χ2n) is 5.77. The fourth-order valence-corrected chi connectivity index (χ4v) is 2.60. The minimum absolute atomic E-state index is 0.0255. The molecule has 0 radical (unpaired) electrons. The molecule has 18 heavy (non-hydrogen) atoms. The lowest BCUT2D eigenvalue weighted by Crippen LogP contribution is -2.49. The predicted molar refractivity (Wildman–Crippen MR) is 67.7 cm³/mol. The van der Waals surface area contributed by atoms with E-state index < -0.39 is 5.41 Å². The first-order valence-electron chi connectivity index (χ1n) is 6.15. The number of anilines is 1. The molecule has 2 heterocycles. The van der Waals surface area contributed by atoms with Gasteiger partial charge in [0.05, 0.1) is 30.7 Å². The number of aliphatic hydroxyl groups excluding tert-OH is 1. The molecule has 96 valence electrons. The quantitative estimate of drug-likeness (QED) is 0.825. The number of fused-ring (bicyclic) bond motifs is 1. The molecule has 4 nitrogen and oxygen atoms in total. The SMILES string of the molecule is CC1(C)C(=O)Nc2ccc(C3(CO)COC3)cc21. The van der Waals surface area contributed by atoms with E-state index in [2.05, 4.69) is 5.32 Å². The average Bonchev–Trinajstić information content (AvgIpc) is 2.50. The van der Waals surface area contributed by atoms with Gasteiger partial charge in [0.25, 0.3) is 0 Å². The zero-order valence-electron chi connectivity index (χ0n) is 10.6. The Kier molecular flexibility index (Phi) is 2.31. The topological polar surface area (TPSA) is 58.6 Å². The number of ether oxygens (including phenoxy) is 1. The van der Waals surface area contributed by atoms with Gasteiger partial charge >= 0.3 is 0 Å². The van der Waals surface area contributed by atoms with E-state index in [9.17, 15) is 9.90 Å². The van der Waals surface area contributed by atoms with Crippen LogP contribution in [0.1, 0.15) is 25.0 Å². The summed E-state index contributed by atoms with van der Waals surface area (Å²) in [5, 5.41) is 12.4. The van der Waals surface area contributed by atoms with Crippen molar-refractivity contribution in [1.29, 1.82) is 0 Å². The number of benzene rings is 1. The van der Waals surface area contributed by atoms with Gasteiger partial charge in [-0.05, 0) is 31.0 Å². The van der Waals surface area contributed by atoms with Crippen molar-refractivity contribution in [3.63, 3.8) is 0 Å². The third kappa shape index (κ3) is 1.36. The van der Waals surface area contributed by atoms with Gasteiger partial charge < -0.3 is 15.2 Å². The summed E-state index contributed by atoms with van der Waals surface area (Å²) in [4.78, 5) is 11.9. The van der Waals surface area contributed by atoms with Gasteiger partial charge in [0.1, 0.15) is 0 Å². The van der Waals surface area contributed by atoms with Crippen molar-refractivity contribution >= 4 is 11.6 Å². The molecule has 1 saturated heterocycles. The molecule has 1 aromatic carbocycles. The lowest BCUT2D eigenvalue weighted by molar-refractivity contribution is -0.119. The van der Waals surface area contributed by atoms with E-state index >= 15 is 0 Å². The number of hydrogen-bond donors (Lipinski definition) is 2. The molecule has 0 aliphatic carbocycles. The smallest absolute Gasteiger partial charge is 0.234 e. The summed E-state index contributed by atoms with van der Waals surface area (Å²) in [6.07, 6.45) is 0. The number of amides is 1. The molecule has 3 rings (SSSR count). The molecule has 0 spiro atoms. The number of hydrogen-bond acceptors (Lipinski definition) is 3. The van der Waals surface area contributed by atoms with Crippen molar-refractivity contribution in [3.05, 3.63) is 29.3 Å². The van der Waals surface area contributed by atoms with Crippen molar-refractivity contribution in [2.75, 3.05) is 25.1 Å². The zero-order valence-corrected chi connectivity index (χ0v) is 10.6. The Hall–Kier alpha value is -1.39. The maximum Gasteiger partial charge on any atom is 0.234 e. The van der Waals surface area contributed by atoms with Gasteiger partial charge in [-0.3, -0.25) is 4.79 Å². The van der Waals surface area contributed by atoms with Crippen molar-refractivity contribution in [3.8, 4) is 0 Å². The molecule has 0 atom stereocenters. The average molecular weight is 247 g/mol. The van der Waals surface area contributed by atoms with Gasteiger partial charge in [0.15, 0.2) is 0 Å². The number of nitrogens with one attached hydrogen (secondary N) is 1. The molecule has 2 aliphatic heterocycles. The van der Waals surface area contributed by atoms with Gasteiger partial charge in [-0.25, -0.2) is 0 Å². The highest BCUT2D eigenvalue weighted by Crippen LogP contribution is 2.41. The molecule has 0 saturated carbocycles. The second-order valence-corrected chi connectivity index (χ2v) is 5.77. The third-order valence-electron chi connectivity index (χ3n) is 4.18. The molecule has 2 aliphatic rings. The minimum atomic E-state index is -0.507. The van der Waals surface area contributed by atoms with Gasteiger partial charge in [0, 0.05) is 5.69 Å². The van der Waals surface area contributed by atoms with Gasteiger partial charge in [-0.1, -0.05) is 12.1 Å². The van der Waals surface area contributed by atoms with Crippen LogP contribution in [-0.2, 0) is 20.4 Å². The fourth-order valence-electron chi connectivity index (χ4n) is 2.60. The van der Waals surface area contributed by atoms with E-state index in [0.717, 1.165) is 16.8 Å². The minimum Gasteiger partial charge on any atom is -0.395 e. The summed E-state index contributed by atoms with van der Waals surface area (Å²) >= 11 is 0. The molecule has 0 bridgehead atoms. The Morgan fingerprint density at radius 2 is 2.11 bits per heavy atom. The van der Waals surface area contributed by atoms with Crippen LogP contribution in [0.5, 0.6) is 0 Å². The second kappa shape index (κ2) is 3.56. The van der Waals surface area contributed by atoms with Gasteiger partial charge in [-0.2, -0.15) is 0 Å². The van der Waals surface area contributed by atoms with Crippen LogP contribution >= 0.6 is 0 Å². The van der Waals surface area contributed by atoms with Crippen molar-refractivity contribution in [1.82, 2.24) is 0 Å². The molecule has 1 aromatic rings. The lowest BCUT2D eigenvalue weighted by atomic mass is 9.76. The summed E-state index contributed by atoms with van der Waals surface area (Å²) in [7, 11) is 0. The number of rotatable bonds is 2. The summed E-state index contributed by atoms with van der Waals surface area (Å²) in [6, 6.07) is 5.93. The van der Waals surface area contributed by atoms with Crippen LogP contribution < -0.4 is 5.32 Å². The number of carbonyl (C=O) groups is 1. The summed E-state index contributed by atoms with van der Waals surface area (Å²) in [6.45, 7) is 5.00. The molecule has 1 amide bonds. The van der Waals surface area contributed by atoms with Crippen LogP contribution in [0.15, 0.2) is 18.2 Å². The van der Waals surface area contributed by atoms with Crippen molar-refractivity contribution in [2.45, 2.75) is 24.7 Å². The monoisotopic (exact) mass is 247 g/mol.